The van der Waals surface area contributed by atoms with Crippen LogP contribution in [0.1, 0.15) is 34.7 Å². The molecule has 38 heavy (non-hydrogen) atoms. The topological polar surface area (TPSA) is 62.1 Å². The zero-order valence-corrected chi connectivity index (χ0v) is 23.6. The highest BCUT2D eigenvalue weighted by Gasteiger charge is 2.32. The van der Waals surface area contributed by atoms with E-state index < -0.39 is 0 Å². The molecule has 0 amide bonds. The van der Waals surface area contributed by atoms with Crippen LogP contribution in [0.3, 0.4) is 0 Å². The summed E-state index contributed by atoms with van der Waals surface area (Å²) in [6, 6.07) is 20.1. The Labute approximate surface area is 232 Å². The number of thiazole rings is 1. The average Bonchev–Trinajstić information content (AvgIpc) is 3.25. The summed E-state index contributed by atoms with van der Waals surface area (Å²) >= 11 is 4.95. The Morgan fingerprint density at radius 3 is 2.37 bits per heavy atom. The summed E-state index contributed by atoms with van der Waals surface area (Å²) in [4.78, 5) is 19.8. The molecule has 4 aromatic rings. The first-order chi connectivity index (χ1) is 18.5. The van der Waals surface area contributed by atoms with Crippen LogP contribution in [0.15, 0.2) is 80.5 Å². The molecule has 0 spiro atoms. The van der Waals surface area contributed by atoms with Gasteiger partial charge in [0.1, 0.15) is 0 Å². The van der Waals surface area contributed by atoms with Crippen molar-refractivity contribution in [2.45, 2.75) is 18.9 Å². The number of allylic oxidation sites excluding steroid dienone is 1. The second kappa shape index (κ2) is 9.93. The maximum atomic E-state index is 14.0. The Balaban J connectivity index is 1.59. The van der Waals surface area contributed by atoms with Crippen molar-refractivity contribution in [3.05, 3.63) is 113 Å². The Morgan fingerprint density at radius 2 is 1.68 bits per heavy atom. The number of aromatic nitrogens is 1. The van der Waals surface area contributed by atoms with E-state index in [-0.39, 0.29) is 11.6 Å². The second-order valence-corrected chi connectivity index (χ2v) is 11.0. The van der Waals surface area contributed by atoms with E-state index in [9.17, 15) is 4.79 Å². The highest BCUT2D eigenvalue weighted by molar-refractivity contribution is 9.10. The van der Waals surface area contributed by atoms with Gasteiger partial charge < -0.3 is 14.2 Å². The van der Waals surface area contributed by atoms with Crippen molar-refractivity contribution in [2.75, 3.05) is 21.3 Å². The molecule has 0 radical (unpaired) electrons. The molecule has 8 heteroatoms. The molecule has 192 valence electrons. The Kier molecular flexibility index (Phi) is 6.45. The molecule has 1 aromatic heterocycles. The van der Waals surface area contributed by atoms with Gasteiger partial charge >= 0.3 is 0 Å². The van der Waals surface area contributed by atoms with Gasteiger partial charge in [-0.15, -0.1) is 0 Å². The first kappa shape index (κ1) is 24.7. The lowest BCUT2D eigenvalue weighted by Gasteiger charge is -2.30. The minimum Gasteiger partial charge on any atom is -0.493 e. The summed E-state index contributed by atoms with van der Waals surface area (Å²) in [6.45, 7) is 0. The normalized spacial score (nSPS) is 16.3. The van der Waals surface area contributed by atoms with Crippen LogP contribution < -0.4 is 29.1 Å². The zero-order valence-electron chi connectivity index (χ0n) is 21.2. The van der Waals surface area contributed by atoms with Gasteiger partial charge in [0.25, 0.3) is 5.56 Å². The van der Waals surface area contributed by atoms with E-state index in [2.05, 4.69) is 52.3 Å². The number of halogens is 1. The number of benzene rings is 3. The van der Waals surface area contributed by atoms with E-state index in [0.29, 0.717) is 26.6 Å². The second-order valence-electron chi connectivity index (χ2n) is 9.12. The van der Waals surface area contributed by atoms with Gasteiger partial charge in [-0.2, -0.15) is 0 Å². The molecule has 0 bridgehead atoms. The summed E-state index contributed by atoms with van der Waals surface area (Å²) in [7, 11) is 4.73. The number of nitrogens with zero attached hydrogens (tertiary/aromatic N) is 2. The van der Waals surface area contributed by atoms with E-state index in [1.807, 2.05) is 34.9 Å². The summed E-state index contributed by atoms with van der Waals surface area (Å²) in [5.74, 6) is 1.58. The number of aryl methyl sites for hydroxylation is 1. The van der Waals surface area contributed by atoms with Gasteiger partial charge in [0.05, 0.1) is 37.6 Å². The minimum absolute atomic E-state index is 0.0687. The molecule has 1 aliphatic carbocycles. The fourth-order valence-electron chi connectivity index (χ4n) is 5.30. The van der Waals surface area contributed by atoms with Crippen molar-refractivity contribution >= 4 is 39.0 Å². The molecule has 2 aliphatic rings. The lowest BCUT2D eigenvalue weighted by Crippen LogP contribution is -2.38. The highest BCUT2D eigenvalue weighted by atomic mass is 79.9. The first-order valence-electron chi connectivity index (χ1n) is 12.2. The third kappa shape index (κ3) is 4.08. The standard InChI is InChI=1S/C30H25BrN2O4S/c1-35-23-14-17(15-24(36-2)28(23)37-3)16-25-29(34)33-27(19-8-11-20(31)12-9-19)22-13-10-18-6-4-5-7-21(18)26(22)32-30(33)38-25/h4-9,11-12,14-16,27H,10,13H2,1-3H3/b25-16+/t27-/m0/s1. The molecule has 1 aliphatic heterocycles. The maximum Gasteiger partial charge on any atom is 0.271 e. The molecule has 6 nitrogen and oxygen atoms in total. The number of ether oxygens (including phenoxy) is 3. The van der Waals surface area contributed by atoms with E-state index in [4.69, 9.17) is 19.2 Å². The molecule has 0 saturated heterocycles. The van der Waals surface area contributed by atoms with Gasteiger partial charge in [0.2, 0.25) is 5.75 Å². The molecular formula is C30H25BrN2O4S. The third-order valence-electron chi connectivity index (χ3n) is 7.04. The van der Waals surface area contributed by atoms with Crippen molar-refractivity contribution in [2.24, 2.45) is 4.99 Å². The Hall–Kier alpha value is -3.62. The summed E-state index contributed by atoms with van der Waals surface area (Å²) in [6.07, 6.45) is 3.64. The van der Waals surface area contributed by atoms with E-state index >= 15 is 0 Å². The van der Waals surface area contributed by atoms with Crippen LogP contribution in [0.4, 0.5) is 0 Å². The quantitative estimate of drug-likeness (QED) is 0.325. The van der Waals surface area contributed by atoms with Gasteiger partial charge in [-0.1, -0.05) is 63.7 Å². The lowest BCUT2D eigenvalue weighted by molar-refractivity contribution is 0.324. The summed E-state index contributed by atoms with van der Waals surface area (Å²) in [5, 5.41) is 0. The van der Waals surface area contributed by atoms with Gasteiger partial charge in [-0.05, 0) is 65.4 Å². The number of hydrogen-bond acceptors (Lipinski definition) is 6. The first-order valence-corrected chi connectivity index (χ1v) is 13.8. The third-order valence-corrected chi connectivity index (χ3v) is 8.56. The molecule has 0 saturated carbocycles. The molecular weight excluding hydrogens is 564 g/mol. The smallest absolute Gasteiger partial charge is 0.271 e. The monoisotopic (exact) mass is 588 g/mol. The van der Waals surface area contributed by atoms with Crippen LogP contribution in [-0.4, -0.2) is 25.9 Å². The van der Waals surface area contributed by atoms with Crippen molar-refractivity contribution in [1.82, 2.24) is 4.57 Å². The van der Waals surface area contributed by atoms with Gasteiger partial charge in [-0.25, -0.2) is 4.99 Å². The molecule has 3 aromatic carbocycles. The largest absolute Gasteiger partial charge is 0.493 e. The number of hydrogen-bond donors (Lipinski definition) is 0. The van der Waals surface area contributed by atoms with Gasteiger partial charge in [0, 0.05) is 10.0 Å². The Morgan fingerprint density at radius 1 is 0.974 bits per heavy atom. The number of rotatable bonds is 5. The number of fused-ring (bicyclic) bond motifs is 3. The van der Waals surface area contributed by atoms with E-state index in [1.165, 1.54) is 22.5 Å². The molecule has 0 unspecified atom stereocenters. The van der Waals surface area contributed by atoms with Crippen molar-refractivity contribution < 1.29 is 14.2 Å². The maximum absolute atomic E-state index is 14.0. The molecule has 0 fully saturated rings. The summed E-state index contributed by atoms with van der Waals surface area (Å²) in [5.41, 5.74) is 6.38. The zero-order chi connectivity index (χ0) is 26.4. The molecule has 1 atom stereocenters. The fraction of sp³-hybridized carbons (Fsp3) is 0.200. The average molecular weight is 590 g/mol. The molecule has 0 N–H and O–H groups in total. The predicted octanol–water partition coefficient (Wildman–Crippen LogP) is 5.11. The van der Waals surface area contributed by atoms with Gasteiger partial charge in [0.15, 0.2) is 16.3 Å². The van der Waals surface area contributed by atoms with E-state index in [0.717, 1.165) is 39.7 Å². The Bertz CT molecular complexity index is 1740. The minimum atomic E-state index is -0.218. The van der Waals surface area contributed by atoms with Crippen LogP contribution in [0.5, 0.6) is 17.2 Å². The van der Waals surface area contributed by atoms with Crippen LogP contribution >= 0.6 is 27.3 Å². The van der Waals surface area contributed by atoms with Crippen LogP contribution in [0.2, 0.25) is 0 Å². The fourth-order valence-corrected chi connectivity index (χ4v) is 6.57. The molecule has 2 heterocycles. The van der Waals surface area contributed by atoms with Crippen molar-refractivity contribution in [1.29, 1.82) is 0 Å². The van der Waals surface area contributed by atoms with Crippen LogP contribution in [0, 0.1) is 0 Å². The van der Waals surface area contributed by atoms with Crippen LogP contribution in [-0.2, 0) is 6.42 Å². The van der Waals surface area contributed by atoms with Crippen LogP contribution in [0.25, 0.3) is 11.8 Å². The van der Waals surface area contributed by atoms with Crippen molar-refractivity contribution in [3.63, 3.8) is 0 Å². The number of methoxy groups -OCH3 is 3. The lowest BCUT2D eigenvalue weighted by atomic mass is 9.83. The molecule has 6 rings (SSSR count). The summed E-state index contributed by atoms with van der Waals surface area (Å²) < 4.78 is 19.9. The highest BCUT2D eigenvalue weighted by Crippen LogP contribution is 2.41. The predicted molar refractivity (Wildman–Crippen MR) is 153 cm³/mol. The van der Waals surface area contributed by atoms with E-state index in [1.54, 1.807) is 21.3 Å². The van der Waals surface area contributed by atoms with Gasteiger partial charge in [-0.3, -0.25) is 9.36 Å². The SMILES string of the molecule is COc1cc(/C=c2/sc3n(c2=O)[C@@H](c2ccc(Br)cc2)C2=C(N=3)c3ccccc3CC2)cc(OC)c1OC. The van der Waals surface area contributed by atoms with Crippen molar-refractivity contribution in [3.8, 4) is 17.2 Å².